The first-order valence-electron chi connectivity index (χ1n) is 5.92. The van der Waals surface area contributed by atoms with Gasteiger partial charge in [0.2, 0.25) is 11.8 Å². The summed E-state index contributed by atoms with van der Waals surface area (Å²) in [6.07, 6.45) is 4.31. The van der Waals surface area contributed by atoms with Crippen LogP contribution >= 0.6 is 0 Å². The van der Waals surface area contributed by atoms with E-state index in [4.69, 9.17) is 5.73 Å². The minimum atomic E-state index is -0.745. The standard InChI is InChI=1S/C11H21N3O2/c1-2-7-13-9(15)8-14-10(16)11(12)5-3-4-6-11/h2-8,12H2,1H3,(H,13,15)(H,14,16). The summed E-state index contributed by atoms with van der Waals surface area (Å²) in [6.45, 7) is 2.65. The van der Waals surface area contributed by atoms with E-state index in [1.807, 2.05) is 6.92 Å². The van der Waals surface area contributed by atoms with Crippen LogP contribution in [0.5, 0.6) is 0 Å². The van der Waals surface area contributed by atoms with Gasteiger partial charge in [0.15, 0.2) is 0 Å². The largest absolute Gasteiger partial charge is 0.355 e. The van der Waals surface area contributed by atoms with Crippen molar-refractivity contribution in [2.75, 3.05) is 13.1 Å². The Morgan fingerprint density at radius 2 is 1.88 bits per heavy atom. The molecule has 1 fully saturated rings. The third-order valence-electron chi connectivity index (χ3n) is 2.93. The molecule has 0 aliphatic heterocycles. The molecule has 0 radical (unpaired) electrons. The second-order valence-corrected chi connectivity index (χ2v) is 4.40. The third-order valence-corrected chi connectivity index (χ3v) is 2.93. The Morgan fingerprint density at radius 1 is 1.25 bits per heavy atom. The molecule has 0 heterocycles. The van der Waals surface area contributed by atoms with Crippen LogP contribution in [0.2, 0.25) is 0 Å². The summed E-state index contributed by atoms with van der Waals surface area (Å²) in [5.41, 5.74) is 5.20. The van der Waals surface area contributed by atoms with Gasteiger partial charge in [-0.2, -0.15) is 0 Å². The van der Waals surface area contributed by atoms with E-state index in [0.717, 1.165) is 32.1 Å². The minimum absolute atomic E-state index is 0.0256. The van der Waals surface area contributed by atoms with Crippen molar-refractivity contribution >= 4 is 11.8 Å². The van der Waals surface area contributed by atoms with Crippen LogP contribution in [0.1, 0.15) is 39.0 Å². The number of carbonyl (C=O) groups is 2. The molecule has 1 saturated carbocycles. The average molecular weight is 227 g/mol. The first-order valence-corrected chi connectivity index (χ1v) is 5.92. The minimum Gasteiger partial charge on any atom is -0.355 e. The van der Waals surface area contributed by atoms with Crippen molar-refractivity contribution in [1.82, 2.24) is 10.6 Å². The fourth-order valence-electron chi connectivity index (χ4n) is 1.90. The molecular weight excluding hydrogens is 206 g/mol. The number of hydrogen-bond donors (Lipinski definition) is 3. The second kappa shape index (κ2) is 5.84. The number of nitrogens with two attached hydrogens (primary N) is 1. The van der Waals surface area contributed by atoms with Crippen LogP contribution in [0.15, 0.2) is 0 Å². The summed E-state index contributed by atoms with van der Waals surface area (Å²) >= 11 is 0. The van der Waals surface area contributed by atoms with Crippen LogP contribution in [0.4, 0.5) is 0 Å². The Balaban J connectivity index is 2.26. The number of rotatable bonds is 5. The number of carbonyl (C=O) groups excluding carboxylic acids is 2. The van der Waals surface area contributed by atoms with Gasteiger partial charge in [0.05, 0.1) is 12.1 Å². The second-order valence-electron chi connectivity index (χ2n) is 4.40. The highest BCUT2D eigenvalue weighted by molar-refractivity contribution is 5.90. The molecule has 92 valence electrons. The molecule has 0 atom stereocenters. The molecule has 0 bridgehead atoms. The van der Waals surface area contributed by atoms with E-state index in [0.29, 0.717) is 6.54 Å². The predicted molar refractivity (Wildman–Crippen MR) is 61.7 cm³/mol. The molecule has 0 saturated heterocycles. The first-order chi connectivity index (χ1) is 7.58. The van der Waals surface area contributed by atoms with E-state index in [-0.39, 0.29) is 18.4 Å². The van der Waals surface area contributed by atoms with Gasteiger partial charge in [-0.1, -0.05) is 19.8 Å². The maximum atomic E-state index is 11.7. The fourth-order valence-corrected chi connectivity index (χ4v) is 1.90. The monoisotopic (exact) mass is 227 g/mol. The maximum absolute atomic E-state index is 11.7. The molecule has 0 unspecified atom stereocenters. The molecule has 5 heteroatoms. The van der Waals surface area contributed by atoms with Crippen LogP contribution in [-0.2, 0) is 9.59 Å². The van der Waals surface area contributed by atoms with Crippen LogP contribution in [0.25, 0.3) is 0 Å². The lowest BCUT2D eigenvalue weighted by Gasteiger charge is -2.21. The molecule has 0 aromatic rings. The maximum Gasteiger partial charge on any atom is 0.240 e. The zero-order valence-corrected chi connectivity index (χ0v) is 9.84. The van der Waals surface area contributed by atoms with Crippen molar-refractivity contribution in [3.05, 3.63) is 0 Å². The van der Waals surface area contributed by atoms with Crippen molar-refractivity contribution in [2.45, 2.75) is 44.6 Å². The van der Waals surface area contributed by atoms with E-state index in [1.54, 1.807) is 0 Å². The topological polar surface area (TPSA) is 84.2 Å². The normalized spacial score (nSPS) is 18.1. The number of amides is 2. The SMILES string of the molecule is CCCNC(=O)CNC(=O)C1(N)CCCC1. The third kappa shape index (κ3) is 3.48. The quantitative estimate of drug-likeness (QED) is 0.613. The number of nitrogens with one attached hydrogen (secondary N) is 2. The molecule has 0 aromatic carbocycles. The lowest BCUT2D eigenvalue weighted by Crippen LogP contribution is -2.53. The van der Waals surface area contributed by atoms with E-state index >= 15 is 0 Å². The summed E-state index contributed by atoms with van der Waals surface area (Å²) in [7, 11) is 0. The van der Waals surface area contributed by atoms with Crippen molar-refractivity contribution < 1.29 is 9.59 Å². The van der Waals surface area contributed by atoms with Crippen LogP contribution < -0.4 is 16.4 Å². The Hall–Kier alpha value is -1.10. The Bertz CT molecular complexity index is 260. The highest BCUT2D eigenvalue weighted by Gasteiger charge is 2.36. The average Bonchev–Trinajstić information content (AvgIpc) is 2.71. The van der Waals surface area contributed by atoms with Gasteiger partial charge >= 0.3 is 0 Å². The zero-order valence-electron chi connectivity index (χ0n) is 9.84. The molecule has 5 nitrogen and oxygen atoms in total. The molecule has 1 rings (SSSR count). The lowest BCUT2D eigenvalue weighted by atomic mass is 9.98. The fraction of sp³-hybridized carbons (Fsp3) is 0.818. The summed E-state index contributed by atoms with van der Waals surface area (Å²) in [5, 5.41) is 5.29. The van der Waals surface area contributed by atoms with Crippen LogP contribution in [-0.4, -0.2) is 30.4 Å². The van der Waals surface area contributed by atoms with E-state index in [2.05, 4.69) is 10.6 Å². The Kier molecular flexibility index (Phi) is 4.73. The van der Waals surface area contributed by atoms with Gasteiger partial charge in [0.25, 0.3) is 0 Å². The molecule has 0 spiro atoms. The summed E-state index contributed by atoms with van der Waals surface area (Å²) in [6, 6.07) is 0. The van der Waals surface area contributed by atoms with Crippen molar-refractivity contribution in [3.8, 4) is 0 Å². The Labute approximate surface area is 96.1 Å². The van der Waals surface area contributed by atoms with Gasteiger partial charge in [0, 0.05) is 6.54 Å². The van der Waals surface area contributed by atoms with Gasteiger partial charge in [0.1, 0.15) is 0 Å². The summed E-state index contributed by atoms with van der Waals surface area (Å²) in [5.74, 6) is -0.353. The summed E-state index contributed by atoms with van der Waals surface area (Å²) in [4.78, 5) is 23.0. The number of hydrogen-bond acceptors (Lipinski definition) is 3. The Morgan fingerprint density at radius 3 is 2.44 bits per heavy atom. The zero-order chi connectivity index (χ0) is 12.0. The smallest absolute Gasteiger partial charge is 0.240 e. The molecule has 1 aliphatic carbocycles. The van der Waals surface area contributed by atoms with E-state index in [9.17, 15) is 9.59 Å². The van der Waals surface area contributed by atoms with Gasteiger partial charge in [-0.05, 0) is 19.3 Å². The van der Waals surface area contributed by atoms with Crippen molar-refractivity contribution in [1.29, 1.82) is 0 Å². The molecule has 4 N–H and O–H groups in total. The van der Waals surface area contributed by atoms with Crippen LogP contribution in [0.3, 0.4) is 0 Å². The van der Waals surface area contributed by atoms with E-state index < -0.39 is 5.54 Å². The first kappa shape index (κ1) is 13.0. The van der Waals surface area contributed by atoms with Gasteiger partial charge in [-0.25, -0.2) is 0 Å². The van der Waals surface area contributed by atoms with Gasteiger partial charge < -0.3 is 16.4 Å². The summed E-state index contributed by atoms with van der Waals surface area (Å²) < 4.78 is 0. The van der Waals surface area contributed by atoms with Gasteiger partial charge in [-0.15, -0.1) is 0 Å². The van der Waals surface area contributed by atoms with Crippen LogP contribution in [0, 0.1) is 0 Å². The predicted octanol–water partition coefficient (Wildman–Crippen LogP) is -0.0997. The molecule has 2 amide bonds. The highest BCUT2D eigenvalue weighted by Crippen LogP contribution is 2.26. The lowest BCUT2D eigenvalue weighted by molar-refractivity contribution is -0.129. The van der Waals surface area contributed by atoms with E-state index in [1.165, 1.54) is 0 Å². The van der Waals surface area contributed by atoms with Crippen molar-refractivity contribution in [3.63, 3.8) is 0 Å². The van der Waals surface area contributed by atoms with Gasteiger partial charge in [-0.3, -0.25) is 9.59 Å². The van der Waals surface area contributed by atoms with Crippen molar-refractivity contribution in [2.24, 2.45) is 5.73 Å². The molecule has 0 aromatic heterocycles. The highest BCUT2D eigenvalue weighted by atomic mass is 16.2. The molecular formula is C11H21N3O2. The molecule has 16 heavy (non-hydrogen) atoms. The molecule has 1 aliphatic rings.